The maximum Gasteiger partial charge on any atom is 0.342 e. The fourth-order valence-corrected chi connectivity index (χ4v) is 1.57. The minimum Gasteiger partial charge on any atom is -0.477 e. The van der Waals surface area contributed by atoms with Crippen molar-refractivity contribution in [2.75, 3.05) is 0 Å². The summed E-state index contributed by atoms with van der Waals surface area (Å²) in [6.45, 7) is 0. The van der Waals surface area contributed by atoms with E-state index in [0.717, 1.165) is 0 Å². The van der Waals surface area contributed by atoms with Gasteiger partial charge in [-0.1, -0.05) is 48.5 Å². The standard InChI is InChI=1S/C15H11FO3/c16-14(19-12-9-5-2-6-10-12)13(15(17)18)11-7-3-1-4-8-11/h1-10H,(H,17,18). The van der Waals surface area contributed by atoms with Gasteiger partial charge < -0.3 is 9.84 Å². The van der Waals surface area contributed by atoms with Crippen molar-refractivity contribution in [3.63, 3.8) is 0 Å². The number of rotatable bonds is 4. The molecule has 0 aromatic heterocycles. The number of para-hydroxylation sites is 1. The molecule has 0 amide bonds. The minimum absolute atomic E-state index is 0.245. The number of ether oxygens (including phenoxy) is 1. The summed E-state index contributed by atoms with van der Waals surface area (Å²) in [4.78, 5) is 11.2. The van der Waals surface area contributed by atoms with Crippen molar-refractivity contribution < 1.29 is 19.0 Å². The highest BCUT2D eigenvalue weighted by Crippen LogP contribution is 2.23. The van der Waals surface area contributed by atoms with Gasteiger partial charge in [0.2, 0.25) is 0 Å². The van der Waals surface area contributed by atoms with Gasteiger partial charge in [0.25, 0.3) is 6.01 Å². The molecule has 96 valence electrons. The van der Waals surface area contributed by atoms with E-state index < -0.39 is 17.6 Å². The molecule has 1 N–H and O–H groups in total. The number of aliphatic carboxylic acids is 1. The van der Waals surface area contributed by atoms with E-state index in [9.17, 15) is 9.18 Å². The van der Waals surface area contributed by atoms with E-state index >= 15 is 0 Å². The predicted molar refractivity (Wildman–Crippen MR) is 69.2 cm³/mol. The van der Waals surface area contributed by atoms with Crippen molar-refractivity contribution >= 4 is 11.5 Å². The number of hydrogen-bond acceptors (Lipinski definition) is 2. The number of carboxylic acids is 1. The van der Waals surface area contributed by atoms with E-state index in [1.807, 2.05) is 0 Å². The van der Waals surface area contributed by atoms with Gasteiger partial charge in [0, 0.05) is 0 Å². The lowest BCUT2D eigenvalue weighted by molar-refractivity contribution is -0.130. The van der Waals surface area contributed by atoms with Crippen LogP contribution >= 0.6 is 0 Å². The van der Waals surface area contributed by atoms with Gasteiger partial charge in [-0.15, -0.1) is 0 Å². The molecule has 0 saturated heterocycles. The zero-order valence-electron chi connectivity index (χ0n) is 9.92. The summed E-state index contributed by atoms with van der Waals surface area (Å²) in [7, 11) is 0. The van der Waals surface area contributed by atoms with E-state index in [1.165, 1.54) is 12.1 Å². The molecule has 4 heteroatoms. The Labute approximate surface area is 109 Å². The van der Waals surface area contributed by atoms with Crippen LogP contribution in [0.4, 0.5) is 4.39 Å². The van der Waals surface area contributed by atoms with Crippen molar-refractivity contribution in [1.29, 1.82) is 0 Å². The van der Waals surface area contributed by atoms with Gasteiger partial charge in [0.15, 0.2) is 0 Å². The lowest BCUT2D eigenvalue weighted by Crippen LogP contribution is -2.05. The molecule has 0 unspecified atom stereocenters. The second-order valence-corrected chi connectivity index (χ2v) is 3.73. The van der Waals surface area contributed by atoms with Gasteiger partial charge in [-0.25, -0.2) is 4.79 Å². The summed E-state index contributed by atoms with van der Waals surface area (Å²) in [6.07, 6.45) is 0. The SMILES string of the molecule is O=C(O)C(=C(F)Oc1ccccc1)c1ccccc1. The van der Waals surface area contributed by atoms with Crippen molar-refractivity contribution in [2.45, 2.75) is 0 Å². The predicted octanol–water partition coefficient (Wildman–Crippen LogP) is 3.49. The summed E-state index contributed by atoms with van der Waals surface area (Å²) in [5.74, 6) is -1.13. The van der Waals surface area contributed by atoms with Gasteiger partial charge in [-0.3, -0.25) is 0 Å². The second kappa shape index (κ2) is 5.82. The van der Waals surface area contributed by atoms with Crippen molar-refractivity contribution in [3.8, 4) is 5.75 Å². The molecular formula is C15H11FO3. The number of halogens is 1. The Kier molecular flexibility index (Phi) is 3.93. The van der Waals surface area contributed by atoms with E-state index in [1.54, 1.807) is 48.5 Å². The normalized spacial score (nSPS) is 11.6. The number of benzene rings is 2. The van der Waals surface area contributed by atoms with Crippen LogP contribution < -0.4 is 4.74 Å². The Balaban J connectivity index is 2.37. The third kappa shape index (κ3) is 3.19. The molecule has 0 saturated carbocycles. The second-order valence-electron chi connectivity index (χ2n) is 3.73. The summed E-state index contributed by atoms with van der Waals surface area (Å²) < 4.78 is 18.9. The first-order valence-corrected chi connectivity index (χ1v) is 5.60. The summed E-state index contributed by atoms with van der Waals surface area (Å²) >= 11 is 0. The molecule has 3 nitrogen and oxygen atoms in total. The number of carboxylic acid groups (broad SMARTS) is 1. The molecule has 19 heavy (non-hydrogen) atoms. The van der Waals surface area contributed by atoms with Crippen LogP contribution in [-0.2, 0) is 4.79 Å². The third-order valence-corrected chi connectivity index (χ3v) is 2.42. The average Bonchev–Trinajstić information content (AvgIpc) is 2.40. The molecule has 0 bridgehead atoms. The van der Waals surface area contributed by atoms with Crippen LogP contribution in [0.3, 0.4) is 0 Å². The zero-order chi connectivity index (χ0) is 13.7. The van der Waals surface area contributed by atoms with Crippen LogP contribution in [0.25, 0.3) is 5.57 Å². The van der Waals surface area contributed by atoms with Crippen molar-refractivity contribution in [3.05, 3.63) is 72.2 Å². The molecule has 0 aliphatic carbocycles. The maximum atomic E-state index is 14.0. The molecule has 2 aromatic carbocycles. The summed E-state index contributed by atoms with van der Waals surface area (Å²) in [6, 6.07) is 15.1. The topological polar surface area (TPSA) is 46.5 Å². The first-order chi connectivity index (χ1) is 9.18. The van der Waals surface area contributed by atoms with Gasteiger partial charge in [0.05, 0.1) is 0 Å². The quantitative estimate of drug-likeness (QED) is 0.674. The molecule has 0 atom stereocenters. The monoisotopic (exact) mass is 258 g/mol. The van der Waals surface area contributed by atoms with Crippen LogP contribution in [-0.4, -0.2) is 11.1 Å². The molecule has 0 spiro atoms. The lowest BCUT2D eigenvalue weighted by Gasteiger charge is -2.07. The first kappa shape index (κ1) is 12.8. The van der Waals surface area contributed by atoms with Crippen LogP contribution in [0.5, 0.6) is 5.75 Å². The van der Waals surface area contributed by atoms with Crippen LogP contribution in [0.1, 0.15) is 5.56 Å². The highest BCUT2D eigenvalue weighted by molar-refractivity contribution is 6.15. The van der Waals surface area contributed by atoms with Gasteiger partial charge in [0.1, 0.15) is 11.3 Å². The molecule has 0 fully saturated rings. The summed E-state index contributed by atoms with van der Waals surface area (Å²) in [5.41, 5.74) is -0.243. The summed E-state index contributed by atoms with van der Waals surface area (Å²) in [5, 5.41) is 9.10. The molecule has 0 heterocycles. The fourth-order valence-electron chi connectivity index (χ4n) is 1.57. The van der Waals surface area contributed by atoms with E-state index in [-0.39, 0.29) is 11.3 Å². The van der Waals surface area contributed by atoms with Crippen LogP contribution in [0.15, 0.2) is 66.7 Å². The molecule has 0 aliphatic rings. The third-order valence-electron chi connectivity index (χ3n) is 2.42. The average molecular weight is 258 g/mol. The first-order valence-electron chi connectivity index (χ1n) is 5.60. The van der Waals surface area contributed by atoms with Crippen LogP contribution in [0.2, 0.25) is 0 Å². The largest absolute Gasteiger partial charge is 0.477 e. The van der Waals surface area contributed by atoms with E-state index in [2.05, 4.69) is 0 Å². The number of carbonyl (C=O) groups is 1. The fraction of sp³-hybridized carbons (Fsp3) is 0. The number of hydrogen-bond donors (Lipinski definition) is 1. The smallest absolute Gasteiger partial charge is 0.342 e. The molecule has 2 rings (SSSR count). The minimum atomic E-state index is -1.38. The highest BCUT2D eigenvalue weighted by atomic mass is 19.1. The van der Waals surface area contributed by atoms with Crippen molar-refractivity contribution in [1.82, 2.24) is 0 Å². The maximum absolute atomic E-state index is 14.0. The van der Waals surface area contributed by atoms with Crippen molar-refractivity contribution in [2.24, 2.45) is 0 Å². The molecule has 2 aromatic rings. The Hall–Kier alpha value is -2.62. The highest BCUT2D eigenvalue weighted by Gasteiger charge is 2.18. The van der Waals surface area contributed by atoms with Crippen LogP contribution in [0, 0.1) is 0 Å². The Morgan fingerprint density at radius 3 is 2.00 bits per heavy atom. The Morgan fingerprint density at radius 2 is 1.47 bits per heavy atom. The van der Waals surface area contributed by atoms with E-state index in [4.69, 9.17) is 9.84 Å². The van der Waals surface area contributed by atoms with Gasteiger partial charge >= 0.3 is 5.97 Å². The van der Waals surface area contributed by atoms with E-state index in [0.29, 0.717) is 0 Å². The molecular weight excluding hydrogens is 247 g/mol. The van der Waals surface area contributed by atoms with Gasteiger partial charge in [-0.05, 0) is 17.7 Å². The Morgan fingerprint density at radius 1 is 0.947 bits per heavy atom. The van der Waals surface area contributed by atoms with Gasteiger partial charge in [-0.2, -0.15) is 4.39 Å². The lowest BCUT2D eigenvalue weighted by atomic mass is 10.1. The Bertz CT molecular complexity index is 591. The molecule has 0 aliphatic heterocycles. The molecule has 0 radical (unpaired) electrons. The zero-order valence-corrected chi connectivity index (χ0v) is 9.92.